The quantitative estimate of drug-likeness (QED) is 0.521. The molecule has 10 heteroatoms. The summed E-state index contributed by atoms with van der Waals surface area (Å²) < 4.78 is 24.7. The number of carbonyl (C=O) groups excluding carboxylic acids is 1. The molecule has 3 saturated heterocycles. The van der Waals surface area contributed by atoms with Crippen molar-refractivity contribution in [2.45, 2.75) is 49.8 Å². The Labute approximate surface area is 228 Å². The summed E-state index contributed by atoms with van der Waals surface area (Å²) in [6.07, 6.45) is 3.60. The standard InChI is InChI=1S/C28H33N3O5S2/c32-26(7-4-8-27(33)34)29-28-31(24-18-38(35,36)19-25(24)37-28)23-11-9-22(10-12-23)30-15-13-21(14-16-30)17-20-5-2-1-3-6-20/h1-3,5-6,9-12,21,24-25H,4,7-8,13-19H2,(H,33,34)/t24-,25+/m0/s1. The van der Waals surface area contributed by atoms with E-state index in [0.29, 0.717) is 11.1 Å². The molecule has 2 atom stereocenters. The van der Waals surface area contributed by atoms with Gasteiger partial charge in [0.05, 0.1) is 17.5 Å². The molecule has 0 unspecified atom stereocenters. The van der Waals surface area contributed by atoms with E-state index >= 15 is 0 Å². The van der Waals surface area contributed by atoms with Crippen LogP contribution in [0.3, 0.4) is 0 Å². The van der Waals surface area contributed by atoms with Gasteiger partial charge >= 0.3 is 5.97 Å². The molecular weight excluding hydrogens is 522 g/mol. The number of amidine groups is 1. The van der Waals surface area contributed by atoms with Crippen LogP contribution in [0.15, 0.2) is 59.6 Å². The Bertz CT molecular complexity index is 1290. The molecule has 0 radical (unpaired) electrons. The Hall–Kier alpha value is -2.85. The zero-order valence-corrected chi connectivity index (χ0v) is 22.9. The molecule has 8 nitrogen and oxygen atoms in total. The van der Waals surface area contributed by atoms with Crippen LogP contribution in [0.25, 0.3) is 0 Å². The van der Waals surface area contributed by atoms with Crippen molar-refractivity contribution in [3.63, 3.8) is 0 Å². The predicted octanol–water partition coefficient (Wildman–Crippen LogP) is 4.00. The molecule has 0 aromatic heterocycles. The van der Waals surface area contributed by atoms with Crippen LogP contribution < -0.4 is 9.80 Å². The second kappa shape index (κ2) is 11.5. The highest BCUT2D eigenvalue weighted by Gasteiger charge is 2.49. The van der Waals surface area contributed by atoms with Crippen molar-refractivity contribution in [1.29, 1.82) is 0 Å². The van der Waals surface area contributed by atoms with Crippen molar-refractivity contribution in [2.75, 3.05) is 34.4 Å². The summed E-state index contributed by atoms with van der Waals surface area (Å²) in [7, 11) is -3.15. The van der Waals surface area contributed by atoms with E-state index in [4.69, 9.17) is 5.11 Å². The smallest absolute Gasteiger partial charge is 0.303 e. The Morgan fingerprint density at radius 1 is 0.947 bits per heavy atom. The number of carboxylic acids is 1. The Kier molecular flexibility index (Phi) is 8.09. The van der Waals surface area contributed by atoms with Gasteiger partial charge in [-0.3, -0.25) is 9.59 Å². The number of hydrogen-bond acceptors (Lipinski definition) is 6. The highest BCUT2D eigenvalue weighted by atomic mass is 32.2. The maximum atomic E-state index is 12.5. The fourth-order valence-corrected chi connectivity index (χ4v) is 9.52. The van der Waals surface area contributed by atoms with Gasteiger partial charge in [0, 0.05) is 42.6 Å². The van der Waals surface area contributed by atoms with Crippen LogP contribution in [0.2, 0.25) is 0 Å². The van der Waals surface area contributed by atoms with E-state index < -0.39 is 15.8 Å². The number of amides is 1. The number of benzene rings is 2. The zero-order valence-electron chi connectivity index (χ0n) is 21.2. The highest BCUT2D eigenvalue weighted by Crippen LogP contribution is 2.41. The van der Waals surface area contributed by atoms with Crippen LogP contribution >= 0.6 is 11.8 Å². The molecule has 3 aliphatic heterocycles. The van der Waals surface area contributed by atoms with E-state index in [-0.39, 0.29) is 48.0 Å². The molecule has 3 heterocycles. The summed E-state index contributed by atoms with van der Waals surface area (Å²) >= 11 is 1.34. The molecule has 2 aromatic rings. The van der Waals surface area contributed by atoms with Gasteiger partial charge in [-0.2, -0.15) is 4.99 Å². The van der Waals surface area contributed by atoms with Crippen molar-refractivity contribution in [3.05, 3.63) is 60.2 Å². The molecule has 0 saturated carbocycles. The summed E-state index contributed by atoms with van der Waals surface area (Å²) in [5.74, 6) is -0.531. The first kappa shape index (κ1) is 26.7. The number of thioether (sulfide) groups is 1. The number of rotatable bonds is 8. The second-order valence-electron chi connectivity index (χ2n) is 10.3. The zero-order chi connectivity index (χ0) is 26.7. The van der Waals surface area contributed by atoms with E-state index in [9.17, 15) is 18.0 Å². The molecule has 3 fully saturated rings. The minimum Gasteiger partial charge on any atom is -0.481 e. The van der Waals surface area contributed by atoms with Crippen LogP contribution in [0.4, 0.5) is 11.4 Å². The number of carboxylic acid groups (broad SMARTS) is 1. The number of fused-ring (bicyclic) bond motifs is 1. The number of nitrogens with zero attached hydrogens (tertiary/aromatic N) is 3. The first-order valence-electron chi connectivity index (χ1n) is 13.2. The lowest BCUT2D eigenvalue weighted by atomic mass is 9.90. The van der Waals surface area contributed by atoms with Crippen molar-refractivity contribution in [3.8, 4) is 0 Å². The maximum Gasteiger partial charge on any atom is 0.303 e. The third-order valence-electron chi connectivity index (χ3n) is 7.54. The van der Waals surface area contributed by atoms with Gasteiger partial charge in [0.25, 0.3) is 0 Å². The topological polar surface area (TPSA) is 107 Å². The average Bonchev–Trinajstić information content (AvgIpc) is 3.35. The fourth-order valence-electron chi connectivity index (χ4n) is 5.59. The predicted molar refractivity (Wildman–Crippen MR) is 152 cm³/mol. The number of piperidine rings is 1. The summed E-state index contributed by atoms with van der Waals surface area (Å²) in [4.78, 5) is 31.8. The lowest BCUT2D eigenvalue weighted by molar-refractivity contribution is -0.137. The molecule has 0 bridgehead atoms. The third kappa shape index (κ3) is 6.40. The van der Waals surface area contributed by atoms with Gasteiger partial charge in [-0.1, -0.05) is 42.1 Å². The van der Waals surface area contributed by atoms with Crippen LogP contribution in [-0.4, -0.2) is 66.5 Å². The number of aliphatic carboxylic acids is 1. The molecule has 0 spiro atoms. The normalized spacial score (nSPS) is 24.1. The molecule has 1 amide bonds. The maximum absolute atomic E-state index is 12.5. The number of anilines is 2. The molecular formula is C28H33N3O5S2. The molecule has 5 rings (SSSR count). The van der Waals surface area contributed by atoms with Gasteiger partial charge in [-0.25, -0.2) is 8.42 Å². The molecule has 3 aliphatic rings. The monoisotopic (exact) mass is 555 g/mol. The van der Waals surface area contributed by atoms with E-state index in [2.05, 4.69) is 52.4 Å². The van der Waals surface area contributed by atoms with Crippen molar-refractivity contribution in [1.82, 2.24) is 0 Å². The van der Waals surface area contributed by atoms with Gasteiger partial charge in [0.15, 0.2) is 15.0 Å². The van der Waals surface area contributed by atoms with Gasteiger partial charge < -0.3 is 14.9 Å². The van der Waals surface area contributed by atoms with Crippen molar-refractivity contribution in [2.24, 2.45) is 10.9 Å². The molecule has 202 valence electrons. The third-order valence-corrected chi connectivity index (χ3v) is 10.8. The molecule has 1 N–H and O–H groups in total. The van der Waals surface area contributed by atoms with E-state index in [1.54, 1.807) is 0 Å². The van der Waals surface area contributed by atoms with Crippen LogP contribution in [-0.2, 0) is 25.8 Å². The number of carbonyl (C=O) groups is 2. The minimum atomic E-state index is -3.15. The van der Waals surface area contributed by atoms with Gasteiger partial charge in [0.2, 0.25) is 5.91 Å². The van der Waals surface area contributed by atoms with Crippen molar-refractivity contribution < 1.29 is 23.1 Å². The van der Waals surface area contributed by atoms with Gasteiger partial charge in [-0.05, 0) is 61.4 Å². The second-order valence-corrected chi connectivity index (χ2v) is 13.7. The van der Waals surface area contributed by atoms with E-state index in [1.165, 1.54) is 17.3 Å². The Balaban J connectivity index is 1.26. The van der Waals surface area contributed by atoms with E-state index in [0.717, 1.165) is 43.7 Å². The molecule has 2 aromatic carbocycles. The highest BCUT2D eigenvalue weighted by molar-refractivity contribution is 8.16. The number of aliphatic imine (C=N–C) groups is 1. The van der Waals surface area contributed by atoms with Crippen LogP contribution in [0.5, 0.6) is 0 Å². The molecule has 38 heavy (non-hydrogen) atoms. The SMILES string of the molecule is O=C(O)CCCC(=O)N=C1S[C@@H]2CS(=O)(=O)C[C@@H]2N1c1ccc(N2CCC(Cc3ccccc3)CC2)cc1. The summed E-state index contributed by atoms with van der Waals surface area (Å²) in [5, 5.41) is 9.16. The molecule has 0 aliphatic carbocycles. The first-order valence-corrected chi connectivity index (χ1v) is 15.9. The van der Waals surface area contributed by atoms with Gasteiger partial charge in [-0.15, -0.1) is 0 Å². The summed E-state index contributed by atoms with van der Waals surface area (Å²) in [5.41, 5.74) is 3.35. The Morgan fingerprint density at radius 2 is 1.63 bits per heavy atom. The number of sulfone groups is 1. The van der Waals surface area contributed by atoms with Crippen LogP contribution in [0, 0.1) is 5.92 Å². The number of hydrogen-bond donors (Lipinski definition) is 1. The van der Waals surface area contributed by atoms with Gasteiger partial charge in [0.1, 0.15) is 0 Å². The summed E-state index contributed by atoms with van der Waals surface area (Å²) in [6, 6.07) is 18.5. The van der Waals surface area contributed by atoms with E-state index in [1.807, 2.05) is 17.0 Å². The Morgan fingerprint density at radius 3 is 2.32 bits per heavy atom. The lowest BCUT2D eigenvalue weighted by Gasteiger charge is -2.34. The average molecular weight is 556 g/mol. The first-order chi connectivity index (χ1) is 18.3. The minimum absolute atomic E-state index is 0.0353. The van der Waals surface area contributed by atoms with Crippen LogP contribution in [0.1, 0.15) is 37.7 Å². The largest absolute Gasteiger partial charge is 0.481 e. The summed E-state index contributed by atoms with van der Waals surface area (Å²) in [6.45, 7) is 1.99. The fraction of sp³-hybridized carbons (Fsp3) is 0.464. The van der Waals surface area contributed by atoms with Crippen molar-refractivity contribution >= 4 is 50.0 Å². The lowest BCUT2D eigenvalue weighted by Crippen LogP contribution is -2.38.